The lowest BCUT2D eigenvalue weighted by Gasteiger charge is -2.25. The van der Waals surface area contributed by atoms with Gasteiger partial charge in [0.2, 0.25) is 0 Å². The molecule has 0 amide bonds. The maximum absolute atomic E-state index is 6.21. The fourth-order valence-corrected chi connectivity index (χ4v) is 3.43. The van der Waals surface area contributed by atoms with Gasteiger partial charge in [0, 0.05) is 31.6 Å². The van der Waals surface area contributed by atoms with Crippen LogP contribution in [0, 0.1) is 0 Å². The third-order valence-corrected chi connectivity index (χ3v) is 4.32. The van der Waals surface area contributed by atoms with Gasteiger partial charge in [-0.15, -0.1) is 0 Å². The molecule has 1 atom stereocenters. The first kappa shape index (κ1) is 12.0. The molecule has 0 aliphatic carbocycles. The maximum Gasteiger partial charge on any atom is 0.147 e. The lowest BCUT2D eigenvalue weighted by molar-refractivity contribution is 0.691. The van der Waals surface area contributed by atoms with Crippen LogP contribution >= 0.6 is 23.4 Å². The van der Waals surface area contributed by atoms with Crippen molar-refractivity contribution >= 4 is 29.2 Å². The van der Waals surface area contributed by atoms with Crippen LogP contribution < -0.4 is 10.6 Å². The predicted octanol–water partition coefficient (Wildman–Crippen LogP) is 2.14. The zero-order valence-corrected chi connectivity index (χ0v) is 10.9. The molecule has 1 fully saturated rings. The van der Waals surface area contributed by atoms with Crippen LogP contribution in [0.15, 0.2) is 12.3 Å². The summed E-state index contributed by atoms with van der Waals surface area (Å²) in [5.74, 6) is 3.26. The average molecular weight is 258 g/mol. The molecule has 1 saturated heterocycles. The molecule has 1 aliphatic rings. The number of halogens is 1. The van der Waals surface area contributed by atoms with Crippen molar-refractivity contribution in [2.24, 2.45) is 5.73 Å². The number of nitrogens with two attached hydrogens (primary N) is 1. The molecule has 16 heavy (non-hydrogen) atoms. The van der Waals surface area contributed by atoms with E-state index in [2.05, 4.69) is 16.9 Å². The van der Waals surface area contributed by atoms with E-state index in [0.717, 1.165) is 17.1 Å². The normalized spacial score (nSPS) is 20.1. The quantitative estimate of drug-likeness (QED) is 0.901. The Morgan fingerprint density at radius 1 is 1.69 bits per heavy atom. The summed E-state index contributed by atoms with van der Waals surface area (Å²) in [5.41, 5.74) is 6.53. The van der Waals surface area contributed by atoms with Crippen LogP contribution in [0.2, 0.25) is 5.02 Å². The first-order chi connectivity index (χ1) is 7.72. The third-order valence-electron chi connectivity index (χ3n) is 2.90. The highest BCUT2D eigenvalue weighted by molar-refractivity contribution is 7.99. The van der Waals surface area contributed by atoms with E-state index in [1.165, 1.54) is 12.2 Å². The van der Waals surface area contributed by atoms with Crippen molar-refractivity contribution in [2.75, 3.05) is 23.5 Å². The summed E-state index contributed by atoms with van der Waals surface area (Å²) in [6.45, 7) is 0.482. The van der Waals surface area contributed by atoms with Gasteiger partial charge in [0.15, 0.2) is 0 Å². The molecule has 2 heterocycles. The van der Waals surface area contributed by atoms with Crippen molar-refractivity contribution in [2.45, 2.75) is 19.0 Å². The van der Waals surface area contributed by atoms with Gasteiger partial charge in [0.1, 0.15) is 5.82 Å². The lowest BCUT2D eigenvalue weighted by Crippen LogP contribution is -2.32. The molecule has 3 nitrogen and oxygen atoms in total. The van der Waals surface area contributed by atoms with E-state index in [1.54, 1.807) is 6.20 Å². The second kappa shape index (κ2) is 5.25. The third kappa shape index (κ3) is 2.44. The number of thioether (sulfide) groups is 1. The number of pyridine rings is 1. The zero-order chi connectivity index (χ0) is 11.5. The second-order valence-corrected chi connectivity index (χ2v) is 5.54. The molecule has 0 radical (unpaired) electrons. The zero-order valence-electron chi connectivity index (χ0n) is 9.32. The van der Waals surface area contributed by atoms with Crippen LogP contribution in [0.3, 0.4) is 0 Å². The summed E-state index contributed by atoms with van der Waals surface area (Å²) in [4.78, 5) is 6.58. The van der Waals surface area contributed by atoms with Crippen molar-refractivity contribution in [3.8, 4) is 0 Å². The summed E-state index contributed by atoms with van der Waals surface area (Å²) in [5, 5.41) is 0.697. The van der Waals surface area contributed by atoms with Crippen molar-refractivity contribution in [3.63, 3.8) is 0 Å². The Balaban J connectivity index is 2.19. The Morgan fingerprint density at radius 3 is 3.06 bits per heavy atom. The van der Waals surface area contributed by atoms with E-state index in [9.17, 15) is 0 Å². The smallest absolute Gasteiger partial charge is 0.147 e. The summed E-state index contributed by atoms with van der Waals surface area (Å²) < 4.78 is 0. The minimum absolute atomic E-state index is 0.482. The molecule has 0 bridgehead atoms. The molecule has 1 aromatic rings. The second-order valence-electron chi connectivity index (χ2n) is 3.98. The van der Waals surface area contributed by atoms with Gasteiger partial charge in [0.05, 0.1) is 5.02 Å². The molecule has 0 saturated carbocycles. The Morgan fingerprint density at radius 2 is 2.50 bits per heavy atom. The molecule has 2 rings (SSSR count). The molecule has 88 valence electrons. The van der Waals surface area contributed by atoms with Gasteiger partial charge in [-0.05, 0) is 23.8 Å². The van der Waals surface area contributed by atoms with Crippen molar-refractivity contribution < 1.29 is 0 Å². The Labute approximate surface area is 105 Å². The van der Waals surface area contributed by atoms with E-state index >= 15 is 0 Å². The number of aromatic nitrogens is 1. The molecule has 1 unspecified atom stereocenters. The van der Waals surface area contributed by atoms with Crippen LogP contribution in [-0.4, -0.2) is 29.6 Å². The largest absolute Gasteiger partial charge is 0.355 e. The van der Waals surface area contributed by atoms with E-state index < -0.39 is 0 Å². The number of hydrogen-bond acceptors (Lipinski definition) is 4. The van der Waals surface area contributed by atoms with E-state index in [-0.39, 0.29) is 0 Å². The number of hydrogen-bond donors (Lipinski definition) is 1. The Hall–Kier alpha value is -0.450. The first-order valence-corrected chi connectivity index (χ1v) is 6.90. The van der Waals surface area contributed by atoms with Crippen LogP contribution in [0.4, 0.5) is 5.82 Å². The van der Waals surface area contributed by atoms with Gasteiger partial charge < -0.3 is 10.6 Å². The van der Waals surface area contributed by atoms with Gasteiger partial charge in [-0.1, -0.05) is 11.6 Å². The molecule has 5 heteroatoms. The number of rotatable bonds is 3. The summed E-state index contributed by atoms with van der Waals surface area (Å²) >= 11 is 8.20. The molecule has 1 aliphatic heterocycles. The van der Waals surface area contributed by atoms with Gasteiger partial charge in [-0.3, -0.25) is 0 Å². The topological polar surface area (TPSA) is 42.2 Å². The van der Waals surface area contributed by atoms with E-state index in [1.807, 2.05) is 17.8 Å². The Kier molecular flexibility index (Phi) is 3.95. The Bertz CT molecular complexity index is 366. The summed E-state index contributed by atoms with van der Waals surface area (Å²) in [6.07, 6.45) is 3.01. The predicted molar refractivity (Wildman–Crippen MR) is 71.3 cm³/mol. The molecular formula is C11H16ClN3S. The molecule has 1 aromatic heterocycles. The minimum atomic E-state index is 0.482. The molecule has 2 N–H and O–H groups in total. The van der Waals surface area contributed by atoms with E-state index in [0.29, 0.717) is 17.6 Å². The average Bonchev–Trinajstić information content (AvgIpc) is 2.81. The molecule has 0 spiro atoms. The fourth-order valence-electron chi connectivity index (χ4n) is 1.84. The SMILES string of the molecule is CN(c1ncc(CN)cc1Cl)C1CCSC1. The van der Waals surface area contributed by atoms with Crippen LogP contribution in [0.5, 0.6) is 0 Å². The maximum atomic E-state index is 6.21. The van der Waals surface area contributed by atoms with Crippen molar-refractivity contribution in [1.82, 2.24) is 4.98 Å². The number of anilines is 1. The monoisotopic (exact) mass is 257 g/mol. The minimum Gasteiger partial charge on any atom is -0.355 e. The highest BCUT2D eigenvalue weighted by Crippen LogP contribution is 2.29. The van der Waals surface area contributed by atoms with Crippen LogP contribution in [-0.2, 0) is 6.54 Å². The highest BCUT2D eigenvalue weighted by atomic mass is 35.5. The summed E-state index contributed by atoms with van der Waals surface area (Å²) in [6, 6.07) is 2.46. The summed E-state index contributed by atoms with van der Waals surface area (Å²) in [7, 11) is 2.06. The van der Waals surface area contributed by atoms with Crippen LogP contribution in [0.1, 0.15) is 12.0 Å². The van der Waals surface area contributed by atoms with Gasteiger partial charge in [-0.25, -0.2) is 4.98 Å². The van der Waals surface area contributed by atoms with Gasteiger partial charge in [0.25, 0.3) is 0 Å². The molecule has 0 aromatic carbocycles. The van der Waals surface area contributed by atoms with Crippen molar-refractivity contribution in [3.05, 3.63) is 22.8 Å². The first-order valence-electron chi connectivity index (χ1n) is 5.37. The fraction of sp³-hybridized carbons (Fsp3) is 0.545. The molecular weight excluding hydrogens is 242 g/mol. The van der Waals surface area contributed by atoms with Gasteiger partial charge in [-0.2, -0.15) is 11.8 Å². The van der Waals surface area contributed by atoms with Crippen molar-refractivity contribution in [1.29, 1.82) is 0 Å². The van der Waals surface area contributed by atoms with Gasteiger partial charge >= 0.3 is 0 Å². The van der Waals surface area contributed by atoms with E-state index in [4.69, 9.17) is 17.3 Å². The van der Waals surface area contributed by atoms with Crippen LogP contribution in [0.25, 0.3) is 0 Å². The standard InChI is InChI=1S/C11H16ClN3S/c1-15(9-2-3-16-7-9)11-10(12)4-8(5-13)6-14-11/h4,6,9H,2-3,5,7,13H2,1H3. The number of nitrogens with zero attached hydrogens (tertiary/aromatic N) is 2. The highest BCUT2D eigenvalue weighted by Gasteiger charge is 2.22. The lowest BCUT2D eigenvalue weighted by atomic mass is 10.2.